The van der Waals surface area contributed by atoms with E-state index >= 15 is 0 Å². The van der Waals surface area contributed by atoms with Crippen LogP contribution in [0.4, 0.5) is 0 Å². The zero-order chi connectivity index (χ0) is 11.2. The molecule has 86 valence electrons. The van der Waals surface area contributed by atoms with E-state index in [4.69, 9.17) is 4.52 Å². The molecule has 0 aliphatic carbocycles. The first-order valence-corrected chi connectivity index (χ1v) is 9.69. The number of halogens is 1. The molecule has 0 N–H and O–H groups in total. The highest BCUT2D eigenvalue weighted by molar-refractivity contribution is 14.2. The lowest BCUT2D eigenvalue weighted by molar-refractivity contribution is 0.0901. The van der Waals surface area contributed by atoms with Crippen LogP contribution >= 0.6 is 28.0 Å². The smallest absolute Gasteiger partial charge is 0.173 e. The summed E-state index contributed by atoms with van der Waals surface area (Å²) < 4.78 is 8.84. The third-order valence-electron chi connectivity index (χ3n) is 3.67. The van der Waals surface area contributed by atoms with E-state index in [0.717, 1.165) is 0 Å². The van der Waals surface area contributed by atoms with Gasteiger partial charge in [-0.05, 0) is 47.4 Å². The van der Waals surface area contributed by atoms with E-state index in [-0.39, 0.29) is 5.60 Å². The maximum atomic E-state index is 6.28. The van der Waals surface area contributed by atoms with Gasteiger partial charge in [0.1, 0.15) is 5.60 Å². The molecule has 2 aliphatic rings. The van der Waals surface area contributed by atoms with E-state index in [9.17, 15) is 0 Å². The van der Waals surface area contributed by atoms with E-state index < -0.39 is 5.94 Å². The lowest BCUT2D eigenvalue weighted by Crippen LogP contribution is -2.36. The van der Waals surface area contributed by atoms with E-state index in [1.54, 1.807) is 0 Å². The maximum Gasteiger partial charge on any atom is 0.173 e. The summed E-state index contributed by atoms with van der Waals surface area (Å²) in [4.78, 5) is 0. The first-order chi connectivity index (χ1) is 7.72. The number of fused-ring (bicyclic) bond motifs is 1. The van der Waals surface area contributed by atoms with Gasteiger partial charge in [-0.25, -0.2) is 4.67 Å². The maximum absolute atomic E-state index is 6.28. The van der Waals surface area contributed by atoms with Crippen molar-refractivity contribution in [2.45, 2.75) is 31.4 Å². The fourth-order valence-electron chi connectivity index (χ4n) is 2.78. The van der Waals surface area contributed by atoms with Gasteiger partial charge in [0.2, 0.25) is 0 Å². The fraction of sp³-hybridized carbons (Fsp3) is 0.500. The minimum Gasteiger partial charge on any atom is -0.323 e. The van der Waals surface area contributed by atoms with Crippen molar-refractivity contribution in [2.24, 2.45) is 0 Å². The van der Waals surface area contributed by atoms with E-state index in [1.807, 2.05) is 0 Å². The summed E-state index contributed by atoms with van der Waals surface area (Å²) >= 11 is 2.47. The van der Waals surface area contributed by atoms with Crippen molar-refractivity contribution in [2.75, 3.05) is 6.54 Å². The number of hydrogen-bond donors (Lipinski definition) is 0. The van der Waals surface area contributed by atoms with Crippen LogP contribution < -0.4 is 0 Å². The first-order valence-electron chi connectivity index (χ1n) is 5.69. The summed E-state index contributed by atoms with van der Waals surface area (Å²) in [6.07, 6.45) is 2.59. The van der Waals surface area contributed by atoms with Crippen LogP contribution in [-0.4, -0.2) is 17.3 Å². The van der Waals surface area contributed by atoms with Gasteiger partial charge in [0.15, 0.2) is 5.94 Å². The van der Waals surface area contributed by atoms with Crippen LogP contribution in [0, 0.1) is 0 Å². The van der Waals surface area contributed by atoms with Gasteiger partial charge in [-0.1, -0.05) is 30.3 Å². The molecule has 0 aromatic heterocycles. The van der Waals surface area contributed by atoms with Gasteiger partial charge in [-0.3, -0.25) is 0 Å². The highest BCUT2D eigenvalue weighted by Gasteiger charge is 2.52. The van der Waals surface area contributed by atoms with Crippen molar-refractivity contribution in [3.63, 3.8) is 0 Å². The molecular formula is C12H15INOP. The average molecular weight is 347 g/mol. The minimum absolute atomic E-state index is 0.0926. The van der Waals surface area contributed by atoms with Crippen LogP contribution in [-0.2, 0) is 10.1 Å². The molecule has 0 spiro atoms. The van der Waals surface area contributed by atoms with Crippen LogP contribution in [0.25, 0.3) is 0 Å². The predicted molar refractivity (Wildman–Crippen MR) is 75.5 cm³/mol. The van der Waals surface area contributed by atoms with Gasteiger partial charge in [0.25, 0.3) is 0 Å². The highest BCUT2D eigenvalue weighted by atomic mass is 127. The molecule has 2 fully saturated rings. The van der Waals surface area contributed by atoms with Crippen molar-refractivity contribution >= 4 is 28.0 Å². The van der Waals surface area contributed by atoms with E-state index in [1.165, 1.54) is 24.9 Å². The molecule has 3 rings (SSSR count). The second-order valence-electron chi connectivity index (χ2n) is 4.61. The predicted octanol–water partition coefficient (Wildman–Crippen LogP) is 4.06. The van der Waals surface area contributed by atoms with Crippen LogP contribution in [0.15, 0.2) is 30.3 Å². The summed E-state index contributed by atoms with van der Waals surface area (Å²) in [6, 6.07) is 11.3. The van der Waals surface area contributed by atoms with Crippen molar-refractivity contribution in [3.8, 4) is 0 Å². The molecule has 2 saturated heterocycles. The Morgan fingerprint density at radius 3 is 2.94 bits per heavy atom. The van der Waals surface area contributed by atoms with E-state index in [0.29, 0.717) is 6.04 Å². The molecule has 0 bridgehead atoms. The highest BCUT2D eigenvalue weighted by Crippen LogP contribution is 2.66. The van der Waals surface area contributed by atoms with Gasteiger partial charge in [-0.15, -0.1) is 0 Å². The molecule has 16 heavy (non-hydrogen) atoms. The molecule has 0 amide bonds. The number of hydrogen-bond acceptors (Lipinski definition) is 2. The SMILES string of the molecule is C[C@]1(c2ccccc2)OP(I)N2CCC[C@H]21. The molecular weight excluding hydrogens is 332 g/mol. The second kappa shape index (κ2) is 4.20. The molecule has 4 heteroatoms. The lowest BCUT2D eigenvalue weighted by atomic mass is 9.87. The van der Waals surface area contributed by atoms with Crippen LogP contribution in [0.3, 0.4) is 0 Å². The Labute approximate surface area is 111 Å². The third kappa shape index (κ3) is 1.64. The Morgan fingerprint density at radius 2 is 2.19 bits per heavy atom. The zero-order valence-corrected chi connectivity index (χ0v) is 12.3. The number of rotatable bonds is 1. The van der Waals surface area contributed by atoms with Crippen LogP contribution in [0.1, 0.15) is 25.3 Å². The standard InChI is InChI=1S/C12H15INOP/c1-12(10-6-3-2-4-7-10)11-8-5-9-14(11)16(13)15-12/h2-4,6-7,11H,5,8-9H2,1H3/t11-,12+,16?/m0/s1. The number of nitrogens with zero attached hydrogens (tertiary/aromatic N) is 1. The Morgan fingerprint density at radius 1 is 1.44 bits per heavy atom. The molecule has 0 radical (unpaired) electrons. The molecule has 2 heterocycles. The van der Waals surface area contributed by atoms with Crippen molar-refractivity contribution in [3.05, 3.63) is 35.9 Å². The summed E-state index contributed by atoms with van der Waals surface area (Å²) in [7, 11) is 0. The Kier molecular flexibility index (Phi) is 2.99. The zero-order valence-electron chi connectivity index (χ0n) is 9.27. The summed E-state index contributed by atoms with van der Waals surface area (Å²) in [6.45, 7) is 3.47. The minimum atomic E-state index is -0.414. The summed E-state index contributed by atoms with van der Waals surface area (Å²) in [5.74, 6) is -0.414. The van der Waals surface area contributed by atoms with Gasteiger partial charge >= 0.3 is 0 Å². The van der Waals surface area contributed by atoms with Crippen LogP contribution in [0.5, 0.6) is 0 Å². The quantitative estimate of drug-likeness (QED) is 0.561. The largest absolute Gasteiger partial charge is 0.323 e. The molecule has 2 nitrogen and oxygen atoms in total. The Balaban J connectivity index is 1.99. The fourth-order valence-corrected chi connectivity index (χ4v) is 7.06. The molecule has 3 atom stereocenters. The molecule has 2 aliphatic heterocycles. The molecule has 1 aromatic carbocycles. The second-order valence-corrected chi connectivity index (χ2v) is 8.24. The Hall–Kier alpha value is 0.300. The lowest BCUT2D eigenvalue weighted by Gasteiger charge is -2.29. The van der Waals surface area contributed by atoms with Crippen LogP contribution in [0.2, 0.25) is 0 Å². The van der Waals surface area contributed by atoms with Gasteiger partial charge in [-0.2, -0.15) is 0 Å². The topological polar surface area (TPSA) is 12.5 Å². The third-order valence-corrected chi connectivity index (χ3v) is 7.34. The molecule has 1 unspecified atom stereocenters. The van der Waals surface area contributed by atoms with Gasteiger partial charge in [0.05, 0.1) is 0 Å². The van der Waals surface area contributed by atoms with Gasteiger partial charge < -0.3 is 4.52 Å². The van der Waals surface area contributed by atoms with Crippen molar-refractivity contribution in [1.29, 1.82) is 0 Å². The number of benzene rings is 1. The Bertz CT molecular complexity index is 388. The van der Waals surface area contributed by atoms with Gasteiger partial charge in [0, 0.05) is 12.6 Å². The molecule has 0 saturated carbocycles. The normalized spacial score (nSPS) is 38.9. The molecule has 1 aromatic rings. The van der Waals surface area contributed by atoms with Crippen molar-refractivity contribution < 1.29 is 4.52 Å². The average Bonchev–Trinajstić information content (AvgIpc) is 2.86. The summed E-state index contributed by atoms with van der Waals surface area (Å²) in [5.41, 5.74) is 1.23. The summed E-state index contributed by atoms with van der Waals surface area (Å²) in [5, 5.41) is 0. The monoisotopic (exact) mass is 347 g/mol. The van der Waals surface area contributed by atoms with E-state index in [2.05, 4.69) is 64.0 Å². The van der Waals surface area contributed by atoms with Crippen molar-refractivity contribution in [1.82, 2.24) is 4.67 Å². The first kappa shape index (κ1) is 11.4.